The van der Waals surface area contributed by atoms with Gasteiger partial charge in [-0.05, 0) is 43.3 Å². The van der Waals surface area contributed by atoms with Gasteiger partial charge in [0.2, 0.25) is 0 Å². The van der Waals surface area contributed by atoms with Gasteiger partial charge in [0.05, 0.1) is 16.4 Å². The summed E-state index contributed by atoms with van der Waals surface area (Å²) in [5.41, 5.74) is 7.62. The van der Waals surface area contributed by atoms with Crippen LogP contribution in [0.15, 0.2) is 18.2 Å². The molecule has 0 aliphatic heterocycles. The van der Waals surface area contributed by atoms with Crippen LogP contribution in [0.3, 0.4) is 0 Å². The smallest absolute Gasteiger partial charge is 0.180 e. The highest BCUT2D eigenvalue weighted by Crippen LogP contribution is 2.28. The van der Waals surface area contributed by atoms with Crippen molar-refractivity contribution < 1.29 is 0 Å². The Bertz CT molecular complexity index is 717. The SMILES string of the molecule is Nc1nc2c(s1)C[C@@H](NC(=S)Nc1ccc(Cl)cc1Cl)CC2. The van der Waals surface area contributed by atoms with E-state index in [2.05, 4.69) is 15.6 Å². The molecule has 1 aliphatic rings. The first-order valence-corrected chi connectivity index (χ1v) is 8.76. The predicted octanol–water partition coefficient (Wildman–Crippen LogP) is 3.88. The number of nitrogens with two attached hydrogens (primary N) is 1. The highest BCUT2D eigenvalue weighted by atomic mass is 35.5. The van der Waals surface area contributed by atoms with Crippen LogP contribution >= 0.6 is 46.8 Å². The monoisotopic (exact) mass is 372 g/mol. The number of anilines is 2. The molecule has 0 saturated carbocycles. The zero-order chi connectivity index (χ0) is 15.7. The quantitative estimate of drug-likeness (QED) is 0.698. The summed E-state index contributed by atoms with van der Waals surface area (Å²) in [6, 6.07) is 5.53. The largest absolute Gasteiger partial charge is 0.375 e. The maximum atomic E-state index is 6.13. The van der Waals surface area contributed by atoms with E-state index < -0.39 is 0 Å². The minimum absolute atomic E-state index is 0.276. The molecule has 2 aromatic rings. The van der Waals surface area contributed by atoms with E-state index in [0.717, 1.165) is 30.6 Å². The van der Waals surface area contributed by atoms with E-state index in [1.165, 1.54) is 4.88 Å². The van der Waals surface area contributed by atoms with Crippen molar-refractivity contribution in [2.45, 2.75) is 25.3 Å². The highest BCUT2D eigenvalue weighted by Gasteiger charge is 2.22. The number of nitrogen functional groups attached to an aromatic ring is 1. The van der Waals surface area contributed by atoms with Crippen molar-refractivity contribution in [2.24, 2.45) is 0 Å². The van der Waals surface area contributed by atoms with E-state index in [1.54, 1.807) is 23.5 Å². The predicted molar refractivity (Wildman–Crippen MR) is 98.2 cm³/mol. The number of hydrogen-bond acceptors (Lipinski definition) is 4. The number of rotatable bonds is 2. The molecule has 1 atom stereocenters. The normalized spacial score (nSPS) is 16.9. The first-order chi connectivity index (χ1) is 10.5. The van der Waals surface area contributed by atoms with Crippen LogP contribution < -0.4 is 16.4 Å². The molecule has 0 spiro atoms. The van der Waals surface area contributed by atoms with Crippen LogP contribution in [0, 0.1) is 0 Å². The molecule has 0 unspecified atom stereocenters. The molecular formula is C14H14Cl2N4S2. The number of benzene rings is 1. The summed E-state index contributed by atoms with van der Waals surface area (Å²) in [7, 11) is 0. The lowest BCUT2D eigenvalue weighted by Gasteiger charge is -2.24. The average molecular weight is 373 g/mol. The van der Waals surface area contributed by atoms with Crippen molar-refractivity contribution in [3.8, 4) is 0 Å². The minimum Gasteiger partial charge on any atom is -0.375 e. The third-order valence-electron chi connectivity index (χ3n) is 3.47. The summed E-state index contributed by atoms with van der Waals surface area (Å²) < 4.78 is 0. The van der Waals surface area contributed by atoms with Gasteiger partial charge < -0.3 is 16.4 Å². The fraction of sp³-hybridized carbons (Fsp3) is 0.286. The Labute approximate surface area is 148 Å². The summed E-state index contributed by atoms with van der Waals surface area (Å²) >= 11 is 18.9. The van der Waals surface area contributed by atoms with Gasteiger partial charge in [0, 0.05) is 22.4 Å². The van der Waals surface area contributed by atoms with Crippen molar-refractivity contribution in [1.82, 2.24) is 10.3 Å². The number of aromatic nitrogens is 1. The van der Waals surface area contributed by atoms with Gasteiger partial charge >= 0.3 is 0 Å². The lowest BCUT2D eigenvalue weighted by molar-refractivity contribution is 0.531. The molecule has 0 bridgehead atoms. The van der Waals surface area contributed by atoms with E-state index in [0.29, 0.717) is 20.3 Å². The number of thiazole rings is 1. The molecule has 0 amide bonds. The van der Waals surface area contributed by atoms with Gasteiger partial charge in [-0.25, -0.2) is 4.98 Å². The Morgan fingerprint density at radius 1 is 1.41 bits per heavy atom. The number of nitrogens with zero attached hydrogens (tertiary/aromatic N) is 1. The van der Waals surface area contributed by atoms with Gasteiger partial charge in [-0.15, -0.1) is 11.3 Å². The van der Waals surface area contributed by atoms with Crippen molar-refractivity contribution >= 4 is 62.7 Å². The molecule has 1 aliphatic carbocycles. The van der Waals surface area contributed by atoms with Gasteiger partial charge in [-0.2, -0.15) is 0 Å². The Kier molecular flexibility index (Phi) is 4.73. The lowest BCUT2D eigenvalue weighted by Crippen LogP contribution is -2.40. The molecule has 1 aromatic heterocycles. The van der Waals surface area contributed by atoms with Crippen LogP contribution in [-0.2, 0) is 12.8 Å². The molecular weight excluding hydrogens is 359 g/mol. The van der Waals surface area contributed by atoms with E-state index in [9.17, 15) is 0 Å². The van der Waals surface area contributed by atoms with Crippen LogP contribution in [0.1, 0.15) is 17.0 Å². The van der Waals surface area contributed by atoms with Crippen LogP contribution in [0.5, 0.6) is 0 Å². The number of fused-ring (bicyclic) bond motifs is 1. The van der Waals surface area contributed by atoms with Crippen LogP contribution in [-0.4, -0.2) is 16.1 Å². The second-order valence-electron chi connectivity index (χ2n) is 5.08. The number of thiocarbonyl (C=S) groups is 1. The number of hydrogen-bond donors (Lipinski definition) is 3. The number of halogens is 2. The van der Waals surface area contributed by atoms with Gasteiger partial charge in [0.25, 0.3) is 0 Å². The fourth-order valence-corrected chi connectivity index (χ4v) is 4.14. The molecule has 4 N–H and O–H groups in total. The second kappa shape index (κ2) is 6.58. The van der Waals surface area contributed by atoms with Gasteiger partial charge in [0.1, 0.15) is 0 Å². The lowest BCUT2D eigenvalue weighted by atomic mass is 9.98. The topological polar surface area (TPSA) is 63.0 Å². The molecule has 8 heteroatoms. The molecule has 0 fully saturated rings. The molecule has 0 radical (unpaired) electrons. The average Bonchev–Trinajstić information content (AvgIpc) is 2.81. The first kappa shape index (κ1) is 15.8. The Balaban J connectivity index is 1.60. The Morgan fingerprint density at radius 3 is 3.00 bits per heavy atom. The highest BCUT2D eigenvalue weighted by molar-refractivity contribution is 7.80. The van der Waals surface area contributed by atoms with Crippen LogP contribution in [0.2, 0.25) is 10.0 Å². The summed E-state index contributed by atoms with van der Waals surface area (Å²) in [5, 5.41) is 8.76. The summed E-state index contributed by atoms with van der Waals surface area (Å²) in [6.07, 6.45) is 2.79. The van der Waals surface area contributed by atoms with E-state index >= 15 is 0 Å². The minimum atomic E-state index is 0.276. The molecule has 22 heavy (non-hydrogen) atoms. The third-order valence-corrected chi connectivity index (χ3v) is 5.19. The summed E-state index contributed by atoms with van der Waals surface area (Å²) in [5.74, 6) is 0. The fourth-order valence-electron chi connectivity index (χ4n) is 2.45. The van der Waals surface area contributed by atoms with Gasteiger partial charge in [-0.3, -0.25) is 0 Å². The van der Waals surface area contributed by atoms with E-state index in [-0.39, 0.29) is 6.04 Å². The van der Waals surface area contributed by atoms with Crippen molar-refractivity contribution in [3.63, 3.8) is 0 Å². The molecule has 116 valence electrons. The molecule has 4 nitrogen and oxygen atoms in total. The summed E-state index contributed by atoms with van der Waals surface area (Å²) in [6.45, 7) is 0. The molecule has 1 heterocycles. The molecule has 1 aromatic carbocycles. The van der Waals surface area contributed by atoms with Crippen LogP contribution in [0.25, 0.3) is 0 Å². The van der Waals surface area contributed by atoms with Crippen molar-refractivity contribution in [3.05, 3.63) is 38.8 Å². The van der Waals surface area contributed by atoms with Gasteiger partial charge in [-0.1, -0.05) is 23.2 Å². The van der Waals surface area contributed by atoms with E-state index in [1.807, 2.05) is 6.07 Å². The van der Waals surface area contributed by atoms with Gasteiger partial charge in [0.15, 0.2) is 10.2 Å². The second-order valence-corrected chi connectivity index (χ2v) is 7.45. The standard InChI is InChI=1S/C14H14Cl2N4S2/c15-7-1-3-10(9(16)5-7)20-14(21)18-8-2-4-11-12(6-8)22-13(17)19-11/h1,3,5,8H,2,4,6H2,(H2,17,19)(H2,18,20,21)/t8-/m0/s1. The Morgan fingerprint density at radius 2 is 2.23 bits per heavy atom. The van der Waals surface area contributed by atoms with Crippen LogP contribution in [0.4, 0.5) is 10.8 Å². The maximum absolute atomic E-state index is 6.13. The maximum Gasteiger partial charge on any atom is 0.180 e. The first-order valence-electron chi connectivity index (χ1n) is 6.78. The number of nitrogens with one attached hydrogen (secondary N) is 2. The third kappa shape index (κ3) is 3.63. The van der Waals surface area contributed by atoms with E-state index in [4.69, 9.17) is 41.2 Å². The molecule has 0 saturated heterocycles. The van der Waals surface area contributed by atoms with Crippen molar-refractivity contribution in [1.29, 1.82) is 0 Å². The summed E-state index contributed by atoms with van der Waals surface area (Å²) in [4.78, 5) is 5.59. The zero-order valence-electron chi connectivity index (χ0n) is 11.5. The zero-order valence-corrected chi connectivity index (χ0v) is 14.7. The Hall–Kier alpha value is -1.08. The molecule has 3 rings (SSSR count). The van der Waals surface area contributed by atoms with Crippen molar-refractivity contribution in [2.75, 3.05) is 11.1 Å². The number of aryl methyl sites for hydroxylation is 1.